The summed E-state index contributed by atoms with van der Waals surface area (Å²) in [5.41, 5.74) is -0.380. The fourth-order valence-corrected chi connectivity index (χ4v) is 2.10. The van der Waals surface area contributed by atoms with E-state index in [0.29, 0.717) is 24.7 Å². The molecule has 0 aliphatic carbocycles. The molecule has 0 radical (unpaired) electrons. The van der Waals surface area contributed by atoms with Gasteiger partial charge in [-0.1, -0.05) is 49.3 Å². The van der Waals surface area contributed by atoms with Gasteiger partial charge in [0.25, 0.3) is 0 Å². The second-order valence-corrected chi connectivity index (χ2v) is 6.20. The molecule has 130 valence electrons. The lowest BCUT2D eigenvalue weighted by Gasteiger charge is -2.24. The van der Waals surface area contributed by atoms with E-state index in [1.54, 1.807) is 6.92 Å². The number of carbonyl (C=O) groups excluding carboxylic acids is 1. The van der Waals surface area contributed by atoms with E-state index in [1.807, 2.05) is 44.2 Å². The number of rotatable bonds is 7. The van der Waals surface area contributed by atoms with Gasteiger partial charge in [0.05, 0.1) is 6.54 Å². The summed E-state index contributed by atoms with van der Waals surface area (Å²) >= 11 is 0. The number of aromatic nitrogens is 2. The maximum atomic E-state index is 11.8. The lowest BCUT2D eigenvalue weighted by molar-refractivity contribution is 0.0594. The third-order valence-electron chi connectivity index (χ3n) is 3.61. The Morgan fingerprint density at radius 2 is 2.00 bits per heavy atom. The number of benzene rings is 1. The Bertz CT molecular complexity index is 653. The van der Waals surface area contributed by atoms with Crippen molar-refractivity contribution in [1.29, 1.82) is 0 Å². The van der Waals surface area contributed by atoms with Crippen LogP contribution in [0.15, 0.2) is 34.9 Å². The Morgan fingerprint density at radius 1 is 1.29 bits per heavy atom. The first-order valence-electron chi connectivity index (χ1n) is 8.00. The van der Waals surface area contributed by atoms with Crippen molar-refractivity contribution in [3.05, 3.63) is 47.6 Å². The summed E-state index contributed by atoms with van der Waals surface area (Å²) in [6, 6.07) is 8.86. The number of aliphatic hydroxyl groups is 1. The minimum atomic E-state index is -1.13. The highest BCUT2D eigenvalue weighted by Crippen LogP contribution is 2.18. The highest BCUT2D eigenvalue weighted by atomic mass is 16.5. The zero-order valence-electron chi connectivity index (χ0n) is 14.2. The van der Waals surface area contributed by atoms with Gasteiger partial charge in [0.2, 0.25) is 5.89 Å². The van der Waals surface area contributed by atoms with Gasteiger partial charge in [-0.15, -0.1) is 0 Å². The number of hydrogen-bond donors (Lipinski definition) is 3. The Kier molecular flexibility index (Phi) is 5.92. The van der Waals surface area contributed by atoms with E-state index in [2.05, 4.69) is 20.8 Å². The van der Waals surface area contributed by atoms with Crippen molar-refractivity contribution in [2.75, 3.05) is 13.1 Å². The van der Waals surface area contributed by atoms with E-state index in [4.69, 9.17) is 4.52 Å². The van der Waals surface area contributed by atoms with Crippen molar-refractivity contribution in [2.24, 2.45) is 0 Å². The molecule has 1 atom stereocenters. The van der Waals surface area contributed by atoms with Crippen molar-refractivity contribution < 1.29 is 14.4 Å². The van der Waals surface area contributed by atoms with E-state index in [0.717, 1.165) is 5.56 Å². The van der Waals surface area contributed by atoms with Crippen LogP contribution in [-0.4, -0.2) is 34.4 Å². The lowest BCUT2D eigenvalue weighted by Crippen LogP contribution is -2.43. The summed E-state index contributed by atoms with van der Waals surface area (Å²) in [4.78, 5) is 16.1. The molecule has 0 aliphatic rings. The zero-order chi connectivity index (χ0) is 17.6. The zero-order valence-corrected chi connectivity index (χ0v) is 14.2. The van der Waals surface area contributed by atoms with Crippen LogP contribution in [0.4, 0.5) is 4.79 Å². The second-order valence-electron chi connectivity index (χ2n) is 6.20. The Labute approximate surface area is 141 Å². The molecule has 0 aliphatic heterocycles. The summed E-state index contributed by atoms with van der Waals surface area (Å²) in [5, 5.41) is 19.7. The van der Waals surface area contributed by atoms with Crippen LogP contribution in [-0.2, 0) is 12.0 Å². The molecule has 3 N–H and O–H groups in total. The Morgan fingerprint density at radius 3 is 2.62 bits per heavy atom. The molecule has 0 fully saturated rings. The van der Waals surface area contributed by atoms with Gasteiger partial charge in [-0.05, 0) is 12.5 Å². The normalized spacial score (nSPS) is 13.5. The molecule has 2 aromatic rings. The van der Waals surface area contributed by atoms with Crippen molar-refractivity contribution >= 4 is 6.03 Å². The van der Waals surface area contributed by atoms with Gasteiger partial charge in [-0.3, -0.25) is 0 Å². The van der Waals surface area contributed by atoms with Gasteiger partial charge in [0.1, 0.15) is 5.60 Å². The summed E-state index contributed by atoms with van der Waals surface area (Å²) in [5.74, 6) is 1.36. The van der Waals surface area contributed by atoms with Crippen LogP contribution in [0.25, 0.3) is 0 Å². The first kappa shape index (κ1) is 17.9. The topological polar surface area (TPSA) is 100 Å². The highest BCUT2D eigenvalue weighted by Gasteiger charge is 2.23. The fraction of sp³-hybridized carbons (Fsp3) is 0.471. The summed E-state index contributed by atoms with van der Waals surface area (Å²) < 4.78 is 5.11. The van der Waals surface area contributed by atoms with Crippen LogP contribution >= 0.6 is 0 Å². The van der Waals surface area contributed by atoms with Crippen LogP contribution in [0, 0.1) is 0 Å². The third kappa shape index (κ3) is 5.06. The van der Waals surface area contributed by atoms with Crippen LogP contribution in [0.3, 0.4) is 0 Å². The van der Waals surface area contributed by atoms with Crippen molar-refractivity contribution in [1.82, 2.24) is 20.8 Å². The predicted octanol–water partition coefficient (Wildman–Crippen LogP) is 1.94. The van der Waals surface area contributed by atoms with E-state index in [9.17, 15) is 9.90 Å². The molecular weight excluding hydrogens is 308 g/mol. The molecule has 2 amide bonds. The Hall–Kier alpha value is -2.41. The quantitative estimate of drug-likeness (QED) is 0.719. The van der Waals surface area contributed by atoms with E-state index in [-0.39, 0.29) is 18.5 Å². The number of nitrogens with one attached hydrogen (secondary N) is 2. The first-order chi connectivity index (χ1) is 11.4. The molecule has 7 nitrogen and oxygen atoms in total. The average molecular weight is 332 g/mol. The van der Waals surface area contributed by atoms with Gasteiger partial charge in [-0.25, -0.2) is 4.79 Å². The Balaban J connectivity index is 1.73. The van der Waals surface area contributed by atoms with Crippen LogP contribution < -0.4 is 10.6 Å². The smallest absolute Gasteiger partial charge is 0.314 e. The maximum Gasteiger partial charge on any atom is 0.314 e. The fourth-order valence-electron chi connectivity index (χ4n) is 2.10. The molecule has 0 saturated carbocycles. The van der Waals surface area contributed by atoms with Gasteiger partial charge >= 0.3 is 6.03 Å². The molecule has 1 heterocycles. The van der Waals surface area contributed by atoms with Crippen LogP contribution in [0.2, 0.25) is 0 Å². The van der Waals surface area contributed by atoms with Crippen LogP contribution in [0.5, 0.6) is 0 Å². The van der Waals surface area contributed by atoms with Crippen molar-refractivity contribution in [2.45, 2.75) is 38.7 Å². The molecule has 2 rings (SSSR count). The van der Waals surface area contributed by atoms with E-state index < -0.39 is 5.60 Å². The van der Waals surface area contributed by atoms with Crippen LogP contribution in [0.1, 0.15) is 44.0 Å². The van der Waals surface area contributed by atoms with E-state index >= 15 is 0 Å². The van der Waals surface area contributed by atoms with Gasteiger partial charge in [-0.2, -0.15) is 4.98 Å². The number of urea groups is 1. The number of hydrogen-bond acceptors (Lipinski definition) is 5. The van der Waals surface area contributed by atoms with Crippen molar-refractivity contribution in [3.63, 3.8) is 0 Å². The largest absolute Gasteiger partial charge is 0.384 e. The maximum absolute atomic E-state index is 11.8. The average Bonchev–Trinajstić information content (AvgIpc) is 3.03. The molecule has 1 aromatic heterocycles. The summed E-state index contributed by atoms with van der Waals surface area (Å²) in [6.07, 6.45) is 0.461. The molecule has 0 spiro atoms. The van der Waals surface area contributed by atoms with Gasteiger partial charge in [0.15, 0.2) is 5.82 Å². The predicted molar refractivity (Wildman–Crippen MR) is 89.5 cm³/mol. The van der Waals surface area contributed by atoms with E-state index in [1.165, 1.54) is 0 Å². The summed E-state index contributed by atoms with van der Waals surface area (Å²) in [7, 11) is 0. The minimum Gasteiger partial charge on any atom is -0.384 e. The van der Waals surface area contributed by atoms with Gasteiger partial charge < -0.3 is 20.3 Å². The molecule has 0 bridgehead atoms. The standard InChI is InChI=1S/C17H24N4O3/c1-12(2)15-20-14(24-21-15)9-10-18-16(22)19-11-17(3,23)13-7-5-4-6-8-13/h4-8,12,23H,9-11H2,1-3H3,(H2,18,19,22). The second kappa shape index (κ2) is 7.92. The molecule has 1 aromatic carbocycles. The summed E-state index contributed by atoms with van der Waals surface area (Å²) in [6.45, 7) is 6.12. The lowest BCUT2D eigenvalue weighted by atomic mass is 9.96. The number of nitrogens with zero attached hydrogens (tertiary/aromatic N) is 2. The minimum absolute atomic E-state index is 0.112. The molecule has 0 saturated heterocycles. The van der Waals surface area contributed by atoms with Gasteiger partial charge in [0, 0.05) is 18.9 Å². The first-order valence-corrected chi connectivity index (χ1v) is 8.00. The molecule has 1 unspecified atom stereocenters. The molecule has 24 heavy (non-hydrogen) atoms. The SMILES string of the molecule is CC(C)c1noc(CCNC(=O)NCC(C)(O)c2ccccc2)n1. The number of carbonyl (C=O) groups is 1. The molecule has 7 heteroatoms. The number of amides is 2. The monoisotopic (exact) mass is 332 g/mol. The van der Waals surface area contributed by atoms with Crippen molar-refractivity contribution in [3.8, 4) is 0 Å². The molecular formula is C17H24N4O3. The third-order valence-corrected chi connectivity index (χ3v) is 3.61. The highest BCUT2D eigenvalue weighted by molar-refractivity contribution is 5.73.